The molecule has 1 aliphatic heterocycles. The minimum atomic E-state index is 0.422. The average Bonchev–Trinajstić information content (AvgIpc) is 2.14. The quantitative estimate of drug-likeness (QED) is 0.750. The van der Waals surface area contributed by atoms with Crippen molar-refractivity contribution in [2.24, 2.45) is 11.7 Å². The maximum atomic E-state index is 5.98. The molecule has 0 radical (unpaired) electrons. The topological polar surface area (TPSA) is 29.3 Å². The molecular weight excluding hydrogens is 172 g/mol. The van der Waals surface area contributed by atoms with E-state index < -0.39 is 0 Å². The molecular formula is C12H26N2. The second kappa shape index (κ2) is 5.72. The Balaban J connectivity index is 2.25. The number of nitrogens with zero attached hydrogens (tertiary/aromatic N) is 1. The standard InChI is InChI=1S/C12H26N2/c1-10(2)6-7-11(3)14-8-4-5-12(13)9-14/h10-12H,4-9,13H2,1-3H3. The van der Waals surface area contributed by atoms with Gasteiger partial charge in [-0.05, 0) is 45.1 Å². The molecule has 0 aliphatic carbocycles. The molecule has 1 saturated heterocycles. The summed E-state index contributed by atoms with van der Waals surface area (Å²) in [5, 5.41) is 0. The first-order valence-electron chi connectivity index (χ1n) is 6.09. The van der Waals surface area contributed by atoms with Gasteiger partial charge in [-0.15, -0.1) is 0 Å². The molecule has 0 aromatic carbocycles. The van der Waals surface area contributed by atoms with Crippen LogP contribution < -0.4 is 5.73 Å². The molecule has 2 unspecified atom stereocenters. The monoisotopic (exact) mass is 198 g/mol. The lowest BCUT2D eigenvalue weighted by Crippen LogP contribution is -2.46. The summed E-state index contributed by atoms with van der Waals surface area (Å²) in [6.07, 6.45) is 5.16. The smallest absolute Gasteiger partial charge is 0.0168 e. The lowest BCUT2D eigenvalue weighted by Gasteiger charge is -2.35. The van der Waals surface area contributed by atoms with E-state index in [2.05, 4.69) is 25.7 Å². The Hall–Kier alpha value is -0.0800. The van der Waals surface area contributed by atoms with Crippen LogP contribution in [0.25, 0.3) is 0 Å². The Labute approximate surface area is 88.8 Å². The molecule has 0 amide bonds. The summed E-state index contributed by atoms with van der Waals surface area (Å²) in [6.45, 7) is 9.32. The molecule has 14 heavy (non-hydrogen) atoms. The highest BCUT2D eigenvalue weighted by atomic mass is 15.2. The SMILES string of the molecule is CC(C)CCC(C)N1CCCC(N)C1. The third-order valence-electron chi connectivity index (χ3n) is 3.27. The minimum absolute atomic E-state index is 0.422. The van der Waals surface area contributed by atoms with Gasteiger partial charge in [-0.25, -0.2) is 0 Å². The van der Waals surface area contributed by atoms with Crippen LogP contribution in [0.15, 0.2) is 0 Å². The summed E-state index contributed by atoms with van der Waals surface area (Å²) >= 11 is 0. The largest absolute Gasteiger partial charge is 0.327 e. The van der Waals surface area contributed by atoms with E-state index >= 15 is 0 Å². The molecule has 2 N–H and O–H groups in total. The van der Waals surface area contributed by atoms with Gasteiger partial charge in [-0.1, -0.05) is 13.8 Å². The fourth-order valence-electron chi connectivity index (χ4n) is 2.20. The zero-order valence-corrected chi connectivity index (χ0v) is 10.00. The van der Waals surface area contributed by atoms with Gasteiger partial charge in [0.05, 0.1) is 0 Å². The van der Waals surface area contributed by atoms with Crippen molar-refractivity contribution in [2.45, 2.75) is 58.5 Å². The zero-order chi connectivity index (χ0) is 10.6. The number of rotatable bonds is 4. The third-order valence-corrected chi connectivity index (χ3v) is 3.27. The van der Waals surface area contributed by atoms with Crippen LogP contribution in [0.3, 0.4) is 0 Å². The van der Waals surface area contributed by atoms with E-state index in [1.54, 1.807) is 0 Å². The van der Waals surface area contributed by atoms with Crippen molar-refractivity contribution in [3.05, 3.63) is 0 Å². The first-order valence-corrected chi connectivity index (χ1v) is 6.09. The fraction of sp³-hybridized carbons (Fsp3) is 1.00. The summed E-state index contributed by atoms with van der Waals surface area (Å²) in [6, 6.07) is 1.15. The summed E-state index contributed by atoms with van der Waals surface area (Å²) in [4.78, 5) is 2.57. The van der Waals surface area contributed by atoms with Crippen LogP contribution in [0, 0.1) is 5.92 Å². The molecule has 2 nitrogen and oxygen atoms in total. The Morgan fingerprint density at radius 2 is 2.00 bits per heavy atom. The van der Waals surface area contributed by atoms with E-state index in [-0.39, 0.29) is 0 Å². The third kappa shape index (κ3) is 3.97. The molecule has 0 spiro atoms. The van der Waals surface area contributed by atoms with E-state index in [0.717, 1.165) is 18.5 Å². The molecule has 0 aromatic heterocycles. The van der Waals surface area contributed by atoms with Gasteiger partial charge in [-0.3, -0.25) is 4.90 Å². The molecule has 1 heterocycles. The number of hydrogen-bond donors (Lipinski definition) is 1. The highest BCUT2D eigenvalue weighted by molar-refractivity contribution is 4.78. The molecule has 1 fully saturated rings. The van der Waals surface area contributed by atoms with Crippen LogP contribution in [-0.4, -0.2) is 30.1 Å². The molecule has 0 aromatic rings. The highest BCUT2D eigenvalue weighted by Crippen LogP contribution is 2.16. The number of hydrogen-bond acceptors (Lipinski definition) is 2. The van der Waals surface area contributed by atoms with E-state index in [4.69, 9.17) is 5.73 Å². The van der Waals surface area contributed by atoms with Crippen LogP contribution in [0.5, 0.6) is 0 Å². The summed E-state index contributed by atoms with van der Waals surface area (Å²) < 4.78 is 0. The van der Waals surface area contributed by atoms with Gasteiger partial charge in [0.15, 0.2) is 0 Å². The van der Waals surface area contributed by atoms with Crippen LogP contribution in [-0.2, 0) is 0 Å². The van der Waals surface area contributed by atoms with Crippen molar-refractivity contribution in [1.82, 2.24) is 4.90 Å². The lowest BCUT2D eigenvalue weighted by atomic mass is 10.00. The van der Waals surface area contributed by atoms with Crippen LogP contribution in [0.4, 0.5) is 0 Å². The predicted molar refractivity (Wildman–Crippen MR) is 62.3 cm³/mol. The van der Waals surface area contributed by atoms with Crippen molar-refractivity contribution < 1.29 is 0 Å². The molecule has 1 rings (SSSR count). The van der Waals surface area contributed by atoms with Crippen molar-refractivity contribution in [3.63, 3.8) is 0 Å². The maximum absolute atomic E-state index is 5.98. The second-order valence-electron chi connectivity index (χ2n) is 5.22. The number of likely N-dealkylation sites (tertiary alicyclic amines) is 1. The van der Waals surface area contributed by atoms with Crippen molar-refractivity contribution in [2.75, 3.05) is 13.1 Å². The zero-order valence-electron chi connectivity index (χ0n) is 10.00. The number of piperidine rings is 1. The van der Waals surface area contributed by atoms with Gasteiger partial charge in [0.25, 0.3) is 0 Å². The summed E-state index contributed by atoms with van der Waals surface area (Å²) in [7, 11) is 0. The maximum Gasteiger partial charge on any atom is 0.0168 e. The van der Waals surface area contributed by atoms with Gasteiger partial charge >= 0.3 is 0 Å². The predicted octanol–water partition coefficient (Wildman–Crippen LogP) is 2.23. The Morgan fingerprint density at radius 3 is 2.57 bits per heavy atom. The highest BCUT2D eigenvalue weighted by Gasteiger charge is 2.20. The Morgan fingerprint density at radius 1 is 1.29 bits per heavy atom. The molecule has 1 aliphatic rings. The summed E-state index contributed by atoms with van der Waals surface area (Å²) in [5.74, 6) is 0.830. The summed E-state index contributed by atoms with van der Waals surface area (Å²) in [5.41, 5.74) is 5.98. The van der Waals surface area contributed by atoms with Crippen LogP contribution in [0.1, 0.15) is 46.5 Å². The van der Waals surface area contributed by atoms with Gasteiger partial charge in [-0.2, -0.15) is 0 Å². The van der Waals surface area contributed by atoms with E-state index in [9.17, 15) is 0 Å². The first kappa shape index (κ1) is 12.0. The molecule has 2 heteroatoms. The molecule has 2 atom stereocenters. The van der Waals surface area contributed by atoms with E-state index in [0.29, 0.717) is 6.04 Å². The molecule has 0 saturated carbocycles. The lowest BCUT2D eigenvalue weighted by molar-refractivity contribution is 0.148. The minimum Gasteiger partial charge on any atom is -0.327 e. The van der Waals surface area contributed by atoms with Gasteiger partial charge in [0.1, 0.15) is 0 Å². The van der Waals surface area contributed by atoms with Gasteiger partial charge in [0.2, 0.25) is 0 Å². The average molecular weight is 198 g/mol. The molecule has 0 bridgehead atoms. The Kier molecular flexibility index (Phi) is 4.90. The molecule has 84 valence electrons. The first-order chi connectivity index (χ1) is 6.59. The second-order valence-corrected chi connectivity index (χ2v) is 5.22. The normalized spacial score (nSPS) is 26.8. The van der Waals surface area contributed by atoms with Crippen molar-refractivity contribution in [1.29, 1.82) is 0 Å². The number of nitrogens with two attached hydrogens (primary N) is 1. The van der Waals surface area contributed by atoms with Crippen LogP contribution >= 0.6 is 0 Å². The van der Waals surface area contributed by atoms with Crippen LogP contribution in [0.2, 0.25) is 0 Å². The Bertz CT molecular complexity index is 156. The van der Waals surface area contributed by atoms with Gasteiger partial charge in [0, 0.05) is 18.6 Å². The van der Waals surface area contributed by atoms with Gasteiger partial charge < -0.3 is 5.73 Å². The van der Waals surface area contributed by atoms with E-state index in [1.807, 2.05) is 0 Å². The van der Waals surface area contributed by atoms with Crippen molar-refractivity contribution in [3.8, 4) is 0 Å². The fourth-order valence-corrected chi connectivity index (χ4v) is 2.20. The van der Waals surface area contributed by atoms with Crippen molar-refractivity contribution >= 4 is 0 Å². The van der Waals surface area contributed by atoms with E-state index in [1.165, 1.54) is 32.2 Å².